The zero-order valence-corrected chi connectivity index (χ0v) is 10.4. The molecule has 0 aliphatic heterocycles. The highest BCUT2D eigenvalue weighted by Gasteiger charge is 2.27. The van der Waals surface area contributed by atoms with Gasteiger partial charge in [0.25, 0.3) is 0 Å². The van der Waals surface area contributed by atoms with E-state index in [4.69, 9.17) is 4.74 Å². The second kappa shape index (κ2) is 5.72. The molecule has 0 saturated carbocycles. The first-order valence-corrected chi connectivity index (χ1v) is 5.66. The highest BCUT2D eigenvalue weighted by molar-refractivity contribution is 4.80. The summed E-state index contributed by atoms with van der Waals surface area (Å²) in [7, 11) is 1.73. The zero-order chi connectivity index (χ0) is 11.2. The summed E-state index contributed by atoms with van der Waals surface area (Å²) in [5.41, 5.74) is -0.596. The number of rotatable bonds is 7. The van der Waals surface area contributed by atoms with Crippen molar-refractivity contribution >= 4 is 0 Å². The summed E-state index contributed by atoms with van der Waals surface area (Å²) >= 11 is 0. The van der Waals surface area contributed by atoms with E-state index in [1.165, 1.54) is 0 Å². The Morgan fingerprint density at radius 2 is 1.64 bits per heavy atom. The molecule has 0 radical (unpaired) electrons. The molecular formula is C12H26O2. The lowest BCUT2D eigenvalue weighted by Crippen LogP contribution is -2.32. The van der Waals surface area contributed by atoms with E-state index in [9.17, 15) is 5.11 Å². The maximum absolute atomic E-state index is 10.2. The van der Waals surface area contributed by atoms with Gasteiger partial charge in [-0.2, -0.15) is 0 Å². The average Bonchev–Trinajstić information content (AvgIpc) is 2.16. The van der Waals surface area contributed by atoms with E-state index < -0.39 is 5.60 Å². The minimum absolute atomic E-state index is 0.114. The van der Waals surface area contributed by atoms with E-state index in [-0.39, 0.29) is 5.60 Å². The van der Waals surface area contributed by atoms with Gasteiger partial charge >= 0.3 is 0 Å². The van der Waals surface area contributed by atoms with Gasteiger partial charge in [0.15, 0.2) is 0 Å². The number of methoxy groups -OCH3 is 1. The molecule has 0 bridgehead atoms. The Balaban J connectivity index is 4.06. The molecule has 1 N–H and O–H groups in total. The summed E-state index contributed by atoms with van der Waals surface area (Å²) in [5, 5.41) is 10.2. The summed E-state index contributed by atoms with van der Waals surface area (Å²) in [5.74, 6) is 0. The van der Waals surface area contributed by atoms with E-state index in [0.717, 1.165) is 32.1 Å². The molecule has 0 aliphatic rings. The quantitative estimate of drug-likeness (QED) is 0.687. The van der Waals surface area contributed by atoms with E-state index in [0.29, 0.717) is 0 Å². The van der Waals surface area contributed by atoms with Crippen LogP contribution in [-0.2, 0) is 4.74 Å². The highest BCUT2D eigenvalue weighted by atomic mass is 16.5. The van der Waals surface area contributed by atoms with Crippen LogP contribution in [0.5, 0.6) is 0 Å². The van der Waals surface area contributed by atoms with Gasteiger partial charge in [-0.15, -0.1) is 0 Å². The van der Waals surface area contributed by atoms with Crippen LogP contribution in [0.2, 0.25) is 0 Å². The fourth-order valence-corrected chi connectivity index (χ4v) is 1.58. The van der Waals surface area contributed by atoms with Crippen LogP contribution < -0.4 is 0 Å². The Bertz CT molecular complexity index is 154. The molecule has 86 valence electrons. The van der Waals surface area contributed by atoms with Crippen LogP contribution >= 0.6 is 0 Å². The molecule has 1 atom stereocenters. The Kier molecular flexibility index (Phi) is 5.68. The molecule has 0 aromatic rings. The Morgan fingerprint density at radius 1 is 1.07 bits per heavy atom. The molecule has 0 heterocycles. The van der Waals surface area contributed by atoms with Gasteiger partial charge in [-0.05, 0) is 39.5 Å². The lowest BCUT2D eigenvalue weighted by molar-refractivity contribution is -0.0317. The number of ether oxygens (including phenoxy) is 1. The molecule has 0 aromatic carbocycles. The molecule has 1 unspecified atom stereocenters. The maximum Gasteiger partial charge on any atom is 0.0646 e. The smallest absolute Gasteiger partial charge is 0.0646 e. The first kappa shape index (κ1) is 13.9. The van der Waals surface area contributed by atoms with Crippen LogP contribution in [0, 0.1) is 0 Å². The van der Waals surface area contributed by atoms with Crippen molar-refractivity contribution < 1.29 is 9.84 Å². The molecule has 14 heavy (non-hydrogen) atoms. The van der Waals surface area contributed by atoms with E-state index in [1.54, 1.807) is 7.11 Å². The van der Waals surface area contributed by atoms with Crippen molar-refractivity contribution in [3.05, 3.63) is 0 Å². The summed E-state index contributed by atoms with van der Waals surface area (Å²) < 4.78 is 5.34. The largest absolute Gasteiger partial charge is 0.390 e. The number of hydrogen-bond acceptors (Lipinski definition) is 2. The van der Waals surface area contributed by atoms with Gasteiger partial charge in [0.05, 0.1) is 11.2 Å². The third-order valence-electron chi connectivity index (χ3n) is 3.12. The molecule has 0 saturated heterocycles. The Labute approximate surface area is 88.7 Å². The summed E-state index contributed by atoms with van der Waals surface area (Å²) in [4.78, 5) is 0. The number of hydrogen-bond donors (Lipinski definition) is 1. The van der Waals surface area contributed by atoms with E-state index >= 15 is 0 Å². The molecule has 0 aliphatic carbocycles. The Morgan fingerprint density at radius 3 is 2.00 bits per heavy atom. The molecule has 0 spiro atoms. The molecular weight excluding hydrogens is 176 g/mol. The molecule has 0 rings (SSSR count). The first-order chi connectivity index (χ1) is 6.39. The predicted molar refractivity (Wildman–Crippen MR) is 60.5 cm³/mol. The van der Waals surface area contributed by atoms with Crippen molar-refractivity contribution in [3.8, 4) is 0 Å². The van der Waals surface area contributed by atoms with Gasteiger partial charge in [0.1, 0.15) is 0 Å². The van der Waals surface area contributed by atoms with Crippen molar-refractivity contribution in [1.29, 1.82) is 0 Å². The lowest BCUT2D eigenvalue weighted by atomic mass is 9.86. The molecule has 2 heteroatoms. The maximum atomic E-state index is 10.2. The summed E-state index contributed by atoms with van der Waals surface area (Å²) in [6.07, 6.45) is 4.51. The van der Waals surface area contributed by atoms with Crippen LogP contribution in [0.3, 0.4) is 0 Å². The summed E-state index contributed by atoms with van der Waals surface area (Å²) in [6, 6.07) is 0. The van der Waals surface area contributed by atoms with Crippen molar-refractivity contribution in [2.75, 3.05) is 7.11 Å². The fraction of sp³-hybridized carbons (Fsp3) is 1.00. The fourth-order valence-electron chi connectivity index (χ4n) is 1.58. The first-order valence-electron chi connectivity index (χ1n) is 5.66. The third kappa shape index (κ3) is 4.97. The standard InChI is InChI=1S/C12H26O2/c1-6-8-12(13,7-2)10-9-11(3,4)14-5/h13H,6-10H2,1-5H3. The third-order valence-corrected chi connectivity index (χ3v) is 3.12. The normalized spacial score (nSPS) is 16.7. The SMILES string of the molecule is CCCC(O)(CC)CCC(C)(C)OC. The molecule has 0 amide bonds. The average molecular weight is 202 g/mol. The van der Waals surface area contributed by atoms with Gasteiger partial charge < -0.3 is 9.84 Å². The minimum atomic E-state index is -0.482. The van der Waals surface area contributed by atoms with Gasteiger partial charge in [-0.25, -0.2) is 0 Å². The van der Waals surface area contributed by atoms with Gasteiger partial charge in [0.2, 0.25) is 0 Å². The van der Waals surface area contributed by atoms with Crippen LogP contribution in [0.15, 0.2) is 0 Å². The highest BCUT2D eigenvalue weighted by Crippen LogP contribution is 2.27. The monoisotopic (exact) mass is 202 g/mol. The van der Waals surface area contributed by atoms with E-state index in [2.05, 4.69) is 27.7 Å². The lowest BCUT2D eigenvalue weighted by Gasteiger charge is -2.31. The molecule has 0 fully saturated rings. The van der Waals surface area contributed by atoms with Crippen LogP contribution in [0.4, 0.5) is 0 Å². The number of aliphatic hydroxyl groups is 1. The zero-order valence-electron chi connectivity index (χ0n) is 10.4. The van der Waals surface area contributed by atoms with E-state index in [1.807, 2.05) is 0 Å². The molecule has 2 nitrogen and oxygen atoms in total. The molecule has 0 aromatic heterocycles. The second-order valence-electron chi connectivity index (χ2n) is 4.79. The topological polar surface area (TPSA) is 29.5 Å². The minimum Gasteiger partial charge on any atom is -0.390 e. The second-order valence-corrected chi connectivity index (χ2v) is 4.79. The van der Waals surface area contributed by atoms with Gasteiger partial charge in [0, 0.05) is 7.11 Å². The van der Waals surface area contributed by atoms with Crippen molar-refractivity contribution in [2.45, 2.75) is 71.0 Å². The van der Waals surface area contributed by atoms with Crippen LogP contribution in [-0.4, -0.2) is 23.4 Å². The van der Waals surface area contributed by atoms with Crippen molar-refractivity contribution in [2.24, 2.45) is 0 Å². The van der Waals surface area contributed by atoms with Crippen molar-refractivity contribution in [1.82, 2.24) is 0 Å². The van der Waals surface area contributed by atoms with Crippen LogP contribution in [0.1, 0.15) is 59.8 Å². The van der Waals surface area contributed by atoms with Gasteiger partial charge in [-0.1, -0.05) is 20.3 Å². The van der Waals surface area contributed by atoms with Gasteiger partial charge in [-0.3, -0.25) is 0 Å². The Hall–Kier alpha value is -0.0800. The summed E-state index contributed by atoms with van der Waals surface area (Å²) in [6.45, 7) is 8.29. The van der Waals surface area contributed by atoms with Crippen LogP contribution in [0.25, 0.3) is 0 Å². The van der Waals surface area contributed by atoms with Crippen molar-refractivity contribution in [3.63, 3.8) is 0 Å². The predicted octanol–water partition coefficient (Wildman–Crippen LogP) is 3.13.